The summed E-state index contributed by atoms with van der Waals surface area (Å²) in [6, 6.07) is 0. The van der Waals surface area contributed by atoms with Crippen LogP contribution < -0.4 is 5.73 Å². The molecular weight excluding hydrogens is 214 g/mol. The Morgan fingerprint density at radius 3 is 2.59 bits per heavy atom. The van der Waals surface area contributed by atoms with Crippen LogP contribution in [0.2, 0.25) is 0 Å². The van der Waals surface area contributed by atoms with Crippen LogP contribution in [0.5, 0.6) is 0 Å². The van der Waals surface area contributed by atoms with Crippen molar-refractivity contribution >= 4 is 0 Å². The molecule has 100 valence electrons. The van der Waals surface area contributed by atoms with Gasteiger partial charge in [-0.25, -0.2) is 4.98 Å². The summed E-state index contributed by atoms with van der Waals surface area (Å²) < 4.78 is 6.98. The minimum absolute atomic E-state index is 0.633. The zero-order valence-corrected chi connectivity index (χ0v) is 11.4. The van der Waals surface area contributed by atoms with Crippen molar-refractivity contribution in [2.75, 3.05) is 19.8 Å². The fraction of sp³-hybridized carbons (Fsp3) is 0.769. The van der Waals surface area contributed by atoms with E-state index in [4.69, 9.17) is 10.5 Å². The summed E-state index contributed by atoms with van der Waals surface area (Å²) in [4.78, 5) is 3.98. The van der Waals surface area contributed by atoms with E-state index in [0.717, 1.165) is 19.1 Å². The van der Waals surface area contributed by atoms with Gasteiger partial charge in [0.1, 0.15) is 0 Å². The Balaban J connectivity index is 0.000000366. The van der Waals surface area contributed by atoms with Gasteiger partial charge in [0.2, 0.25) is 0 Å². The van der Waals surface area contributed by atoms with Gasteiger partial charge >= 0.3 is 0 Å². The Hall–Kier alpha value is -0.870. The molecule has 0 saturated heterocycles. The Labute approximate surface area is 105 Å². The van der Waals surface area contributed by atoms with Crippen LogP contribution in [0.1, 0.15) is 33.6 Å². The second-order valence-electron chi connectivity index (χ2n) is 4.32. The van der Waals surface area contributed by atoms with E-state index in [-0.39, 0.29) is 0 Å². The molecule has 0 aliphatic carbocycles. The molecule has 0 aliphatic rings. The topological polar surface area (TPSA) is 53.1 Å². The molecule has 0 atom stereocenters. The number of aromatic nitrogens is 2. The van der Waals surface area contributed by atoms with Crippen molar-refractivity contribution in [3.63, 3.8) is 0 Å². The van der Waals surface area contributed by atoms with Gasteiger partial charge < -0.3 is 15.0 Å². The second kappa shape index (κ2) is 11.6. The van der Waals surface area contributed by atoms with Gasteiger partial charge in [-0.15, -0.1) is 0 Å². The van der Waals surface area contributed by atoms with Crippen LogP contribution in [0.4, 0.5) is 0 Å². The molecule has 1 heterocycles. The Morgan fingerprint density at radius 2 is 2.18 bits per heavy atom. The number of hydrogen-bond donors (Lipinski definition) is 1. The maximum Gasteiger partial charge on any atom is 0.0945 e. The number of nitrogens with two attached hydrogens (primary N) is 1. The monoisotopic (exact) mass is 241 g/mol. The quantitative estimate of drug-likeness (QED) is 0.745. The molecule has 1 rings (SSSR count). The molecule has 1 aromatic heterocycles. The summed E-state index contributed by atoms with van der Waals surface area (Å²) in [5, 5.41) is 0. The van der Waals surface area contributed by atoms with Crippen molar-refractivity contribution in [3.05, 3.63) is 18.7 Å². The zero-order chi connectivity index (χ0) is 12.9. The number of nitrogens with zero attached hydrogens (tertiary/aromatic N) is 2. The Kier molecular flexibility index (Phi) is 11.0. The molecule has 0 aliphatic heterocycles. The Bertz CT molecular complexity index is 231. The van der Waals surface area contributed by atoms with E-state index in [2.05, 4.69) is 23.4 Å². The van der Waals surface area contributed by atoms with Crippen LogP contribution in [-0.2, 0) is 11.3 Å². The molecule has 4 heteroatoms. The van der Waals surface area contributed by atoms with Crippen LogP contribution in [0.15, 0.2) is 18.7 Å². The molecule has 0 bridgehead atoms. The fourth-order valence-corrected chi connectivity index (χ4v) is 1.33. The summed E-state index contributed by atoms with van der Waals surface area (Å²) in [7, 11) is 0. The van der Waals surface area contributed by atoms with Crippen molar-refractivity contribution in [2.24, 2.45) is 11.7 Å². The first kappa shape index (κ1) is 16.1. The smallest absolute Gasteiger partial charge is 0.0945 e. The minimum atomic E-state index is 0.633. The minimum Gasteiger partial charge on any atom is -0.380 e. The highest BCUT2D eigenvalue weighted by Crippen LogP contribution is 2.04. The van der Waals surface area contributed by atoms with E-state index in [1.807, 2.05) is 25.6 Å². The average Bonchev–Trinajstić information content (AvgIpc) is 2.80. The van der Waals surface area contributed by atoms with E-state index in [1.165, 1.54) is 12.8 Å². The molecule has 0 radical (unpaired) electrons. The highest BCUT2D eigenvalue weighted by Gasteiger charge is 1.93. The molecular formula is C13H27N3O. The van der Waals surface area contributed by atoms with Gasteiger partial charge in [0.25, 0.3) is 0 Å². The van der Waals surface area contributed by atoms with Crippen LogP contribution in [0.25, 0.3) is 0 Å². The third kappa shape index (κ3) is 11.4. The van der Waals surface area contributed by atoms with E-state index in [9.17, 15) is 0 Å². The van der Waals surface area contributed by atoms with Crippen molar-refractivity contribution in [3.8, 4) is 0 Å². The molecule has 0 spiro atoms. The van der Waals surface area contributed by atoms with E-state index in [0.29, 0.717) is 13.2 Å². The van der Waals surface area contributed by atoms with Gasteiger partial charge in [0.05, 0.1) is 12.9 Å². The lowest BCUT2D eigenvalue weighted by Crippen LogP contribution is -2.07. The summed E-state index contributed by atoms with van der Waals surface area (Å²) in [5.41, 5.74) is 5.09. The van der Waals surface area contributed by atoms with Gasteiger partial charge in [-0.05, 0) is 25.7 Å². The summed E-state index contributed by atoms with van der Waals surface area (Å²) in [5.74, 6) is 0.818. The van der Waals surface area contributed by atoms with Gasteiger partial charge in [0.15, 0.2) is 0 Å². The highest BCUT2D eigenvalue weighted by molar-refractivity contribution is 4.73. The molecule has 1 aromatic rings. The SMILES string of the molecule is CC(C)CCCn1ccnc1.CCOCCN. The van der Waals surface area contributed by atoms with E-state index < -0.39 is 0 Å². The first-order valence-electron chi connectivity index (χ1n) is 6.44. The predicted octanol–water partition coefficient (Wildman–Crippen LogP) is 2.30. The third-order valence-corrected chi connectivity index (χ3v) is 2.22. The van der Waals surface area contributed by atoms with Crippen LogP contribution in [-0.4, -0.2) is 29.3 Å². The molecule has 4 nitrogen and oxygen atoms in total. The van der Waals surface area contributed by atoms with E-state index >= 15 is 0 Å². The summed E-state index contributed by atoms with van der Waals surface area (Å²) >= 11 is 0. The largest absolute Gasteiger partial charge is 0.380 e. The number of rotatable bonds is 7. The summed E-state index contributed by atoms with van der Waals surface area (Å²) in [6.45, 7) is 9.68. The number of aryl methyl sites for hydroxylation is 1. The molecule has 0 unspecified atom stereocenters. The van der Waals surface area contributed by atoms with Crippen molar-refractivity contribution in [1.82, 2.24) is 9.55 Å². The number of imidazole rings is 1. The normalized spacial score (nSPS) is 10.2. The van der Waals surface area contributed by atoms with Gasteiger partial charge in [-0.2, -0.15) is 0 Å². The molecule has 2 N–H and O–H groups in total. The maximum absolute atomic E-state index is 5.09. The molecule has 0 fully saturated rings. The van der Waals surface area contributed by atoms with Crippen LogP contribution in [0, 0.1) is 5.92 Å². The van der Waals surface area contributed by atoms with Crippen LogP contribution in [0.3, 0.4) is 0 Å². The fourth-order valence-electron chi connectivity index (χ4n) is 1.33. The number of hydrogen-bond acceptors (Lipinski definition) is 3. The second-order valence-corrected chi connectivity index (χ2v) is 4.32. The van der Waals surface area contributed by atoms with Crippen LogP contribution >= 0.6 is 0 Å². The lowest BCUT2D eigenvalue weighted by molar-refractivity contribution is 0.155. The predicted molar refractivity (Wildman–Crippen MR) is 71.8 cm³/mol. The molecule has 0 amide bonds. The molecule has 0 saturated carbocycles. The maximum atomic E-state index is 5.09. The van der Waals surface area contributed by atoms with Crippen molar-refractivity contribution in [1.29, 1.82) is 0 Å². The van der Waals surface area contributed by atoms with Gasteiger partial charge in [-0.3, -0.25) is 0 Å². The lowest BCUT2D eigenvalue weighted by atomic mass is 10.1. The first-order chi connectivity index (χ1) is 8.20. The molecule has 0 aromatic carbocycles. The highest BCUT2D eigenvalue weighted by atomic mass is 16.5. The van der Waals surface area contributed by atoms with Gasteiger partial charge in [-0.1, -0.05) is 13.8 Å². The number of ether oxygens (including phenoxy) is 1. The standard InChI is InChI=1S/C9H16N2.C4H11NO/c1-9(2)4-3-6-11-7-5-10-8-11;1-2-6-4-3-5/h5,7-9H,3-4,6H2,1-2H3;2-5H2,1H3. The lowest BCUT2D eigenvalue weighted by Gasteiger charge is -2.04. The third-order valence-electron chi connectivity index (χ3n) is 2.22. The first-order valence-corrected chi connectivity index (χ1v) is 6.44. The summed E-state index contributed by atoms with van der Waals surface area (Å²) in [6.07, 6.45) is 8.28. The van der Waals surface area contributed by atoms with Crippen molar-refractivity contribution < 1.29 is 4.74 Å². The van der Waals surface area contributed by atoms with Crippen molar-refractivity contribution in [2.45, 2.75) is 40.2 Å². The Morgan fingerprint density at radius 1 is 1.41 bits per heavy atom. The van der Waals surface area contributed by atoms with Gasteiger partial charge in [0, 0.05) is 32.1 Å². The zero-order valence-electron chi connectivity index (χ0n) is 11.4. The average molecular weight is 241 g/mol. The molecule has 17 heavy (non-hydrogen) atoms. The van der Waals surface area contributed by atoms with E-state index in [1.54, 1.807) is 0 Å².